The van der Waals surface area contributed by atoms with Crippen molar-refractivity contribution < 1.29 is 4.79 Å². The van der Waals surface area contributed by atoms with Gasteiger partial charge in [-0.2, -0.15) is 0 Å². The van der Waals surface area contributed by atoms with Gasteiger partial charge >= 0.3 is 0 Å². The van der Waals surface area contributed by atoms with Crippen LogP contribution in [0.25, 0.3) is 0 Å². The van der Waals surface area contributed by atoms with Gasteiger partial charge in [0.2, 0.25) is 5.24 Å². The second kappa shape index (κ2) is 4.19. The minimum absolute atomic E-state index is 0.251. The first kappa shape index (κ1) is 12.0. The van der Waals surface area contributed by atoms with Crippen molar-refractivity contribution in [2.45, 2.75) is 39.7 Å². The smallest absolute Gasteiger partial charge is 0.241 e. The Bertz CT molecular complexity index is 217. The summed E-state index contributed by atoms with van der Waals surface area (Å²) < 4.78 is 0. The lowest BCUT2D eigenvalue weighted by Gasteiger charge is -2.43. The number of hydrogen-bond acceptors (Lipinski definition) is 2. The lowest BCUT2D eigenvalue weighted by Crippen LogP contribution is -2.54. The molecule has 0 bridgehead atoms. The molecule has 1 aliphatic rings. The number of likely N-dealkylation sites (tertiary alicyclic amines) is 1. The highest BCUT2D eigenvalue weighted by Crippen LogP contribution is 2.28. The summed E-state index contributed by atoms with van der Waals surface area (Å²) in [6, 6.07) is 0. The molecule has 1 aliphatic heterocycles. The Morgan fingerprint density at radius 2 is 1.71 bits per heavy atom. The maximum absolute atomic E-state index is 11.3. The molecule has 0 saturated carbocycles. The fourth-order valence-electron chi connectivity index (χ4n) is 2.24. The molecule has 3 heteroatoms. The average Bonchev–Trinajstić information content (AvgIpc) is 2.01. The molecule has 0 aromatic carbocycles. The molecule has 1 rings (SSSR count). The standard InChI is InChI=1S/C11H20ClNO/c1-8-5-9(2)7-13(6-8)11(3,4)10(12)14/h8-9H,5-7H2,1-4H3. The summed E-state index contributed by atoms with van der Waals surface area (Å²) in [6.45, 7) is 10.3. The van der Waals surface area contributed by atoms with Gasteiger partial charge in [0.15, 0.2) is 0 Å². The van der Waals surface area contributed by atoms with Gasteiger partial charge in [0.25, 0.3) is 0 Å². The van der Waals surface area contributed by atoms with Crippen molar-refractivity contribution >= 4 is 16.8 Å². The molecule has 0 amide bonds. The Balaban J connectivity index is 2.72. The molecule has 14 heavy (non-hydrogen) atoms. The Morgan fingerprint density at radius 1 is 1.29 bits per heavy atom. The van der Waals surface area contributed by atoms with Gasteiger partial charge in [0.1, 0.15) is 0 Å². The van der Waals surface area contributed by atoms with Crippen LogP contribution in [0.3, 0.4) is 0 Å². The molecular weight excluding hydrogens is 198 g/mol. The van der Waals surface area contributed by atoms with Crippen molar-refractivity contribution in [3.05, 3.63) is 0 Å². The summed E-state index contributed by atoms with van der Waals surface area (Å²) in [5.74, 6) is 1.32. The van der Waals surface area contributed by atoms with Crippen LogP contribution in [0.4, 0.5) is 0 Å². The second-order valence-corrected chi connectivity index (χ2v) is 5.53. The van der Waals surface area contributed by atoms with E-state index in [0.717, 1.165) is 13.1 Å². The van der Waals surface area contributed by atoms with Crippen molar-refractivity contribution in [1.82, 2.24) is 4.90 Å². The summed E-state index contributed by atoms with van der Waals surface area (Å²) in [5, 5.41) is -0.251. The molecule has 2 atom stereocenters. The van der Waals surface area contributed by atoms with Crippen molar-refractivity contribution in [2.24, 2.45) is 11.8 Å². The van der Waals surface area contributed by atoms with Crippen LogP contribution in [0.2, 0.25) is 0 Å². The zero-order valence-corrected chi connectivity index (χ0v) is 10.3. The lowest BCUT2D eigenvalue weighted by molar-refractivity contribution is -0.122. The topological polar surface area (TPSA) is 20.3 Å². The minimum atomic E-state index is -0.509. The maximum atomic E-state index is 11.3. The number of carbonyl (C=O) groups excluding carboxylic acids is 1. The Labute approximate surface area is 91.6 Å². The fourth-order valence-corrected chi connectivity index (χ4v) is 2.36. The summed E-state index contributed by atoms with van der Waals surface area (Å²) in [7, 11) is 0. The van der Waals surface area contributed by atoms with Crippen LogP contribution >= 0.6 is 11.6 Å². The fraction of sp³-hybridized carbons (Fsp3) is 0.909. The number of carbonyl (C=O) groups is 1. The molecule has 0 radical (unpaired) electrons. The van der Waals surface area contributed by atoms with E-state index in [9.17, 15) is 4.79 Å². The second-order valence-electron chi connectivity index (χ2n) is 5.18. The monoisotopic (exact) mass is 217 g/mol. The van der Waals surface area contributed by atoms with Gasteiger partial charge in [-0.3, -0.25) is 9.69 Å². The third kappa shape index (κ3) is 2.48. The Hall–Kier alpha value is -0.0800. The molecule has 2 unspecified atom stereocenters. The summed E-state index contributed by atoms with van der Waals surface area (Å²) >= 11 is 5.62. The van der Waals surface area contributed by atoms with Gasteiger partial charge in [-0.15, -0.1) is 0 Å². The van der Waals surface area contributed by atoms with E-state index >= 15 is 0 Å². The van der Waals surface area contributed by atoms with Crippen LogP contribution in [0.1, 0.15) is 34.1 Å². The highest BCUT2D eigenvalue weighted by atomic mass is 35.5. The summed E-state index contributed by atoms with van der Waals surface area (Å²) in [4.78, 5) is 13.5. The van der Waals surface area contributed by atoms with Gasteiger partial charge < -0.3 is 0 Å². The van der Waals surface area contributed by atoms with Crippen molar-refractivity contribution in [1.29, 1.82) is 0 Å². The van der Waals surface area contributed by atoms with Crippen LogP contribution in [0.15, 0.2) is 0 Å². The number of hydrogen-bond donors (Lipinski definition) is 0. The lowest BCUT2D eigenvalue weighted by atomic mass is 9.88. The van der Waals surface area contributed by atoms with Crippen LogP contribution in [-0.2, 0) is 4.79 Å². The molecule has 0 N–H and O–H groups in total. The van der Waals surface area contributed by atoms with Crippen molar-refractivity contribution in [3.8, 4) is 0 Å². The van der Waals surface area contributed by atoms with Crippen LogP contribution in [0, 0.1) is 11.8 Å². The minimum Gasteiger partial charge on any atom is -0.290 e. The predicted octanol–water partition coefficient (Wildman–Crippen LogP) is 2.51. The molecule has 0 aromatic rings. The normalized spacial score (nSPS) is 30.4. The van der Waals surface area contributed by atoms with Gasteiger partial charge in [0.05, 0.1) is 5.54 Å². The van der Waals surface area contributed by atoms with E-state index < -0.39 is 5.54 Å². The zero-order chi connectivity index (χ0) is 10.9. The van der Waals surface area contributed by atoms with E-state index in [-0.39, 0.29) is 5.24 Å². The van der Waals surface area contributed by atoms with Crippen LogP contribution in [-0.4, -0.2) is 28.8 Å². The molecule has 0 spiro atoms. The SMILES string of the molecule is CC1CC(C)CN(C(C)(C)C(=O)Cl)C1. The summed E-state index contributed by atoms with van der Waals surface area (Å²) in [6.07, 6.45) is 1.25. The molecule has 2 nitrogen and oxygen atoms in total. The van der Waals surface area contributed by atoms with E-state index in [0.29, 0.717) is 11.8 Å². The molecule has 1 saturated heterocycles. The average molecular weight is 218 g/mol. The van der Waals surface area contributed by atoms with Gasteiger partial charge in [-0.25, -0.2) is 0 Å². The van der Waals surface area contributed by atoms with E-state index in [1.807, 2.05) is 13.8 Å². The van der Waals surface area contributed by atoms with E-state index in [2.05, 4.69) is 18.7 Å². The molecule has 0 aromatic heterocycles. The van der Waals surface area contributed by atoms with Crippen molar-refractivity contribution in [2.75, 3.05) is 13.1 Å². The molecule has 82 valence electrons. The highest BCUT2D eigenvalue weighted by molar-refractivity contribution is 6.65. The zero-order valence-electron chi connectivity index (χ0n) is 9.51. The molecule has 1 heterocycles. The molecule has 0 aliphatic carbocycles. The largest absolute Gasteiger partial charge is 0.290 e. The number of halogens is 1. The summed E-state index contributed by atoms with van der Waals surface area (Å²) in [5.41, 5.74) is -0.509. The maximum Gasteiger partial charge on any atom is 0.241 e. The van der Waals surface area contributed by atoms with E-state index in [4.69, 9.17) is 11.6 Å². The first-order valence-electron chi connectivity index (χ1n) is 5.29. The quantitative estimate of drug-likeness (QED) is 0.663. The Morgan fingerprint density at radius 3 is 2.07 bits per heavy atom. The van der Waals surface area contributed by atoms with Gasteiger partial charge in [-0.1, -0.05) is 13.8 Å². The Kier molecular flexibility index (Phi) is 3.59. The van der Waals surface area contributed by atoms with Gasteiger partial charge in [-0.05, 0) is 43.7 Å². The van der Waals surface area contributed by atoms with Gasteiger partial charge in [0, 0.05) is 13.1 Å². The number of nitrogens with zero attached hydrogens (tertiary/aromatic N) is 1. The molecule has 1 fully saturated rings. The third-order valence-corrected chi connectivity index (χ3v) is 3.60. The third-order valence-electron chi connectivity index (χ3n) is 3.14. The van der Waals surface area contributed by atoms with E-state index in [1.165, 1.54) is 6.42 Å². The number of rotatable bonds is 2. The molecular formula is C11H20ClNO. The van der Waals surface area contributed by atoms with E-state index in [1.54, 1.807) is 0 Å². The van der Waals surface area contributed by atoms with Crippen LogP contribution < -0.4 is 0 Å². The first-order chi connectivity index (χ1) is 6.34. The first-order valence-corrected chi connectivity index (χ1v) is 5.66. The van der Waals surface area contributed by atoms with Crippen molar-refractivity contribution in [3.63, 3.8) is 0 Å². The highest BCUT2D eigenvalue weighted by Gasteiger charge is 2.37. The number of piperidine rings is 1. The van der Waals surface area contributed by atoms with Crippen LogP contribution in [0.5, 0.6) is 0 Å². The predicted molar refractivity (Wildman–Crippen MR) is 59.5 cm³/mol.